The molecule has 2 amide bonds. The zero-order valence-electron chi connectivity index (χ0n) is 15.3. The van der Waals surface area contributed by atoms with Gasteiger partial charge in [-0.05, 0) is 70.6 Å². The smallest absolute Gasteiger partial charge is 0.254 e. The van der Waals surface area contributed by atoms with Crippen LogP contribution in [0.15, 0.2) is 18.2 Å². The lowest BCUT2D eigenvalue weighted by molar-refractivity contribution is 0.0634. The van der Waals surface area contributed by atoms with Gasteiger partial charge in [0.2, 0.25) is 0 Å². The van der Waals surface area contributed by atoms with E-state index < -0.39 is 0 Å². The fraction of sp³-hybridized carbons (Fsp3) is 0.600. The van der Waals surface area contributed by atoms with Crippen molar-refractivity contribution in [3.63, 3.8) is 0 Å². The van der Waals surface area contributed by atoms with Gasteiger partial charge in [-0.25, -0.2) is 0 Å². The van der Waals surface area contributed by atoms with Gasteiger partial charge in [0.1, 0.15) is 0 Å². The predicted molar refractivity (Wildman–Crippen MR) is 99.6 cm³/mol. The van der Waals surface area contributed by atoms with Crippen molar-refractivity contribution < 1.29 is 9.59 Å². The Hall–Kier alpha value is -2.04. The van der Waals surface area contributed by atoms with Gasteiger partial charge in [-0.3, -0.25) is 9.59 Å². The number of nitrogens with zero attached hydrogens (tertiary/aromatic N) is 2. The molecule has 0 saturated carbocycles. The van der Waals surface area contributed by atoms with Crippen LogP contribution in [-0.2, 0) is 0 Å². The Morgan fingerprint density at radius 3 is 1.68 bits per heavy atom. The molecular weight excluding hydrogens is 314 g/mol. The third kappa shape index (κ3) is 3.80. The van der Waals surface area contributed by atoms with Crippen LogP contribution in [0.25, 0.3) is 0 Å². The van der Waals surface area contributed by atoms with E-state index in [1.807, 2.05) is 9.80 Å². The number of carbonyl (C=O) groups excluding carboxylic acids is 2. The summed E-state index contributed by atoms with van der Waals surface area (Å²) in [6.07, 6.45) is 6.47. The van der Waals surface area contributed by atoms with Gasteiger partial charge in [-0.1, -0.05) is 0 Å². The number of nitrogen functional groups attached to an aromatic ring is 1. The molecule has 0 spiro atoms. The minimum absolute atomic E-state index is 0.0137. The Labute approximate surface area is 150 Å². The van der Waals surface area contributed by atoms with Crippen molar-refractivity contribution in [3.05, 3.63) is 29.3 Å². The van der Waals surface area contributed by atoms with Crippen molar-refractivity contribution in [1.82, 2.24) is 9.80 Å². The van der Waals surface area contributed by atoms with E-state index in [4.69, 9.17) is 5.73 Å². The highest BCUT2D eigenvalue weighted by molar-refractivity contribution is 6.01. The van der Waals surface area contributed by atoms with Crippen molar-refractivity contribution in [2.75, 3.05) is 18.8 Å². The van der Waals surface area contributed by atoms with E-state index in [1.54, 1.807) is 18.2 Å². The molecule has 0 radical (unpaired) electrons. The molecule has 0 bridgehead atoms. The normalized spacial score (nSPS) is 24.2. The minimum Gasteiger partial charge on any atom is -0.399 e. The molecule has 25 heavy (non-hydrogen) atoms. The van der Waals surface area contributed by atoms with Crippen molar-refractivity contribution >= 4 is 17.5 Å². The molecular formula is C20H29N3O2. The molecule has 2 aliphatic rings. The zero-order chi connectivity index (χ0) is 18.0. The number of benzene rings is 1. The first-order valence-corrected chi connectivity index (χ1v) is 9.50. The lowest BCUT2D eigenvalue weighted by Crippen LogP contribution is -2.43. The molecule has 0 unspecified atom stereocenters. The number of hydrogen-bond donors (Lipinski definition) is 1. The van der Waals surface area contributed by atoms with Crippen molar-refractivity contribution in [1.29, 1.82) is 0 Å². The summed E-state index contributed by atoms with van der Waals surface area (Å²) in [5, 5.41) is 0. The predicted octanol–water partition coefficient (Wildman–Crippen LogP) is 3.30. The van der Waals surface area contributed by atoms with Crippen LogP contribution in [0, 0.1) is 0 Å². The van der Waals surface area contributed by atoms with Gasteiger partial charge >= 0.3 is 0 Å². The second-order valence-corrected chi connectivity index (χ2v) is 7.53. The van der Waals surface area contributed by atoms with Gasteiger partial charge in [0.05, 0.1) is 0 Å². The van der Waals surface area contributed by atoms with Gasteiger partial charge < -0.3 is 15.5 Å². The molecule has 5 nitrogen and oxygen atoms in total. The van der Waals surface area contributed by atoms with Crippen LogP contribution in [0.3, 0.4) is 0 Å². The fourth-order valence-corrected chi connectivity index (χ4v) is 4.03. The number of rotatable bonds is 2. The molecule has 2 atom stereocenters. The average Bonchev–Trinajstić information content (AvgIpc) is 2.61. The van der Waals surface area contributed by atoms with E-state index in [0.29, 0.717) is 16.8 Å². The van der Waals surface area contributed by atoms with Crippen molar-refractivity contribution in [3.8, 4) is 0 Å². The van der Waals surface area contributed by atoms with E-state index in [1.165, 1.54) is 12.8 Å². The second-order valence-electron chi connectivity index (χ2n) is 7.53. The van der Waals surface area contributed by atoms with Gasteiger partial charge in [-0.2, -0.15) is 0 Å². The Kier molecular flexibility index (Phi) is 5.30. The first kappa shape index (κ1) is 17.8. The van der Waals surface area contributed by atoms with Crippen molar-refractivity contribution in [2.24, 2.45) is 0 Å². The highest BCUT2D eigenvalue weighted by Gasteiger charge is 2.27. The molecule has 2 saturated heterocycles. The van der Waals surface area contributed by atoms with Crippen LogP contribution < -0.4 is 5.73 Å². The number of likely N-dealkylation sites (tertiary alicyclic amines) is 2. The van der Waals surface area contributed by atoms with E-state index in [-0.39, 0.29) is 23.9 Å². The average molecular weight is 343 g/mol. The molecule has 2 heterocycles. The fourth-order valence-electron chi connectivity index (χ4n) is 4.03. The highest BCUT2D eigenvalue weighted by atomic mass is 16.2. The maximum atomic E-state index is 12.9. The topological polar surface area (TPSA) is 66.6 Å². The molecule has 1 aromatic carbocycles. The summed E-state index contributed by atoms with van der Waals surface area (Å²) in [6.45, 7) is 5.73. The third-order valence-electron chi connectivity index (χ3n) is 5.58. The molecule has 3 rings (SSSR count). The van der Waals surface area contributed by atoms with Crippen molar-refractivity contribution in [2.45, 2.75) is 64.5 Å². The first-order valence-electron chi connectivity index (χ1n) is 9.50. The van der Waals surface area contributed by atoms with E-state index >= 15 is 0 Å². The Morgan fingerprint density at radius 2 is 1.28 bits per heavy atom. The van der Waals surface area contributed by atoms with Crippen LogP contribution in [0.5, 0.6) is 0 Å². The van der Waals surface area contributed by atoms with Crippen LogP contribution in [0.2, 0.25) is 0 Å². The molecule has 5 heteroatoms. The summed E-state index contributed by atoms with van der Waals surface area (Å²) in [5.74, 6) is -0.0273. The lowest BCUT2D eigenvalue weighted by atomic mass is 9.99. The molecule has 1 aromatic rings. The standard InChI is InChI=1S/C20H29N3O2/c1-14-7-3-5-9-22(14)19(24)16-11-17(13-18(21)12-16)20(25)23-10-6-4-8-15(23)2/h11-15H,3-10,21H2,1-2H3/t14-,15-/m1/s1. The Morgan fingerprint density at radius 1 is 0.840 bits per heavy atom. The molecule has 0 aliphatic carbocycles. The minimum atomic E-state index is -0.0137. The van der Waals surface area contributed by atoms with E-state index in [0.717, 1.165) is 38.8 Å². The van der Waals surface area contributed by atoms with Crippen LogP contribution in [0.1, 0.15) is 73.1 Å². The summed E-state index contributed by atoms with van der Waals surface area (Å²) in [5.41, 5.74) is 7.56. The number of carbonyl (C=O) groups is 2. The number of amides is 2. The number of piperidine rings is 2. The number of anilines is 1. The molecule has 2 aliphatic heterocycles. The van der Waals surface area contributed by atoms with E-state index in [2.05, 4.69) is 13.8 Å². The van der Waals surface area contributed by atoms with Gasteiger partial charge in [0.15, 0.2) is 0 Å². The monoisotopic (exact) mass is 343 g/mol. The van der Waals surface area contributed by atoms with E-state index in [9.17, 15) is 9.59 Å². The summed E-state index contributed by atoms with van der Waals surface area (Å²) >= 11 is 0. The molecule has 136 valence electrons. The molecule has 2 fully saturated rings. The van der Waals surface area contributed by atoms with Crippen LogP contribution in [0.4, 0.5) is 5.69 Å². The maximum Gasteiger partial charge on any atom is 0.254 e. The quantitative estimate of drug-likeness (QED) is 0.838. The summed E-state index contributed by atoms with van der Waals surface area (Å²) in [6, 6.07) is 5.59. The van der Waals surface area contributed by atoms with Gasteiger partial charge in [0.25, 0.3) is 11.8 Å². The number of hydrogen-bond acceptors (Lipinski definition) is 3. The summed E-state index contributed by atoms with van der Waals surface area (Å²) in [7, 11) is 0. The lowest BCUT2D eigenvalue weighted by Gasteiger charge is -2.34. The van der Waals surface area contributed by atoms with Gasteiger partial charge in [0, 0.05) is 42.0 Å². The molecule has 2 N–H and O–H groups in total. The van der Waals surface area contributed by atoms with Crippen LogP contribution >= 0.6 is 0 Å². The first-order chi connectivity index (χ1) is 12.0. The number of nitrogens with two attached hydrogens (primary N) is 1. The Balaban J connectivity index is 1.85. The largest absolute Gasteiger partial charge is 0.399 e. The zero-order valence-corrected chi connectivity index (χ0v) is 15.3. The summed E-state index contributed by atoms with van der Waals surface area (Å²) in [4.78, 5) is 29.7. The second kappa shape index (κ2) is 7.46. The SMILES string of the molecule is C[C@@H]1CCCCN1C(=O)c1cc(N)cc(C(=O)N2CCCC[C@H]2C)c1. The Bertz CT molecular complexity index is 606. The third-order valence-corrected chi connectivity index (χ3v) is 5.58. The summed E-state index contributed by atoms with van der Waals surface area (Å²) < 4.78 is 0. The van der Waals surface area contributed by atoms with Crippen LogP contribution in [-0.4, -0.2) is 46.8 Å². The highest BCUT2D eigenvalue weighted by Crippen LogP contribution is 2.24. The van der Waals surface area contributed by atoms with Gasteiger partial charge in [-0.15, -0.1) is 0 Å². The maximum absolute atomic E-state index is 12.9. The molecule has 0 aromatic heterocycles.